The van der Waals surface area contributed by atoms with Crippen molar-refractivity contribution in [2.45, 2.75) is 6.04 Å². The Bertz CT molecular complexity index is 396. The van der Waals surface area contributed by atoms with E-state index in [2.05, 4.69) is 0 Å². The van der Waals surface area contributed by atoms with Crippen LogP contribution in [0.15, 0.2) is 30.3 Å². The second-order valence-electron chi connectivity index (χ2n) is 4.31. The lowest BCUT2D eigenvalue weighted by molar-refractivity contribution is -0.153. The molecule has 1 fully saturated rings. The second-order valence-corrected chi connectivity index (χ2v) is 4.31. The predicted molar refractivity (Wildman–Crippen MR) is 70.1 cm³/mol. The van der Waals surface area contributed by atoms with Crippen LogP contribution in [0, 0.1) is 0 Å². The van der Waals surface area contributed by atoms with E-state index >= 15 is 0 Å². The van der Waals surface area contributed by atoms with Crippen molar-refractivity contribution in [3.63, 3.8) is 0 Å². The van der Waals surface area contributed by atoms with Gasteiger partial charge in [0.15, 0.2) is 0 Å². The zero-order chi connectivity index (χ0) is 13.5. The summed E-state index contributed by atoms with van der Waals surface area (Å²) in [5.41, 5.74) is 0. The number of para-hydroxylation sites is 1. The Hall–Kier alpha value is -1.59. The first-order valence-corrected chi connectivity index (χ1v) is 6.38. The van der Waals surface area contributed by atoms with Crippen LogP contribution in [0.25, 0.3) is 0 Å². The Morgan fingerprint density at radius 2 is 2.21 bits per heavy atom. The van der Waals surface area contributed by atoms with Crippen molar-refractivity contribution < 1.29 is 19.0 Å². The monoisotopic (exact) mass is 265 g/mol. The van der Waals surface area contributed by atoms with E-state index in [4.69, 9.17) is 14.2 Å². The van der Waals surface area contributed by atoms with Crippen LogP contribution >= 0.6 is 0 Å². The van der Waals surface area contributed by atoms with Crippen LogP contribution in [-0.2, 0) is 14.3 Å². The third kappa shape index (κ3) is 3.94. The molecule has 1 aliphatic heterocycles. The van der Waals surface area contributed by atoms with E-state index in [1.54, 1.807) is 0 Å². The zero-order valence-corrected chi connectivity index (χ0v) is 11.1. The number of morpholine rings is 1. The second kappa shape index (κ2) is 7.11. The highest BCUT2D eigenvalue weighted by atomic mass is 16.5. The molecule has 1 aromatic carbocycles. The van der Waals surface area contributed by atoms with Crippen LogP contribution in [0.3, 0.4) is 0 Å². The minimum absolute atomic E-state index is 0.251. The van der Waals surface area contributed by atoms with E-state index in [0.717, 1.165) is 12.3 Å². The molecule has 0 aromatic heterocycles. The van der Waals surface area contributed by atoms with Crippen molar-refractivity contribution in [3.8, 4) is 5.75 Å². The summed E-state index contributed by atoms with van der Waals surface area (Å²) in [6, 6.07) is 9.32. The number of hydrogen-bond acceptors (Lipinski definition) is 5. The van der Waals surface area contributed by atoms with Gasteiger partial charge in [-0.15, -0.1) is 0 Å². The van der Waals surface area contributed by atoms with Gasteiger partial charge in [0.25, 0.3) is 0 Å². The maximum absolute atomic E-state index is 11.6. The SMILES string of the molecule is COC(=O)C1COCCN1CCOc1ccccc1. The summed E-state index contributed by atoms with van der Waals surface area (Å²) in [6.07, 6.45) is 0. The lowest BCUT2D eigenvalue weighted by atomic mass is 10.2. The summed E-state index contributed by atoms with van der Waals surface area (Å²) in [5.74, 6) is 0.588. The van der Waals surface area contributed by atoms with E-state index in [0.29, 0.717) is 26.4 Å². The van der Waals surface area contributed by atoms with Gasteiger partial charge >= 0.3 is 5.97 Å². The first kappa shape index (κ1) is 13.8. The normalized spacial score (nSPS) is 19.9. The van der Waals surface area contributed by atoms with E-state index in [1.165, 1.54) is 7.11 Å². The molecular weight excluding hydrogens is 246 g/mol. The summed E-state index contributed by atoms with van der Waals surface area (Å²) in [7, 11) is 1.40. The molecule has 0 bridgehead atoms. The summed E-state index contributed by atoms with van der Waals surface area (Å²) in [5, 5.41) is 0. The summed E-state index contributed by atoms with van der Waals surface area (Å²) in [6.45, 7) is 2.96. The fourth-order valence-corrected chi connectivity index (χ4v) is 2.06. The number of ether oxygens (including phenoxy) is 3. The molecule has 0 aliphatic carbocycles. The number of nitrogens with zero attached hydrogens (tertiary/aromatic N) is 1. The molecule has 1 aromatic rings. The highest BCUT2D eigenvalue weighted by molar-refractivity contribution is 5.75. The molecule has 0 spiro atoms. The number of benzene rings is 1. The number of carbonyl (C=O) groups excluding carboxylic acids is 1. The molecule has 0 N–H and O–H groups in total. The van der Waals surface area contributed by atoms with Crippen molar-refractivity contribution in [1.29, 1.82) is 0 Å². The van der Waals surface area contributed by atoms with Crippen LogP contribution in [0.1, 0.15) is 0 Å². The Labute approximate surface area is 113 Å². The number of hydrogen-bond donors (Lipinski definition) is 0. The number of carbonyl (C=O) groups is 1. The van der Waals surface area contributed by atoms with Gasteiger partial charge in [-0.1, -0.05) is 18.2 Å². The lowest BCUT2D eigenvalue weighted by Gasteiger charge is -2.33. The smallest absolute Gasteiger partial charge is 0.325 e. The van der Waals surface area contributed by atoms with Crippen molar-refractivity contribution in [2.75, 3.05) is 40.0 Å². The predicted octanol–water partition coefficient (Wildman–Crippen LogP) is 0.939. The van der Waals surface area contributed by atoms with Crippen LogP contribution in [-0.4, -0.2) is 56.9 Å². The number of esters is 1. The Morgan fingerprint density at radius 3 is 2.95 bits per heavy atom. The van der Waals surface area contributed by atoms with Gasteiger partial charge in [0, 0.05) is 13.1 Å². The minimum Gasteiger partial charge on any atom is -0.492 e. The van der Waals surface area contributed by atoms with Crippen LogP contribution in [0.5, 0.6) is 5.75 Å². The van der Waals surface area contributed by atoms with Gasteiger partial charge in [0.2, 0.25) is 0 Å². The molecule has 5 nitrogen and oxygen atoms in total. The molecule has 104 valence electrons. The van der Waals surface area contributed by atoms with Gasteiger partial charge in [-0.05, 0) is 12.1 Å². The molecule has 0 amide bonds. The minimum atomic E-state index is -0.321. The molecule has 1 heterocycles. The topological polar surface area (TPSA) is 48.0 Å². The van der Waals surface area contributed by atoms with Crippen molar-refractivity contribution >= 4 is 5.97 Å². The van der Waals surface area contributed by atoms with Gasteiger partial charge in [0.1, 0.15) is 18.4 Å². The van der Waals surface area contributed by atoms with Gasteiger partial charge < -0.3 is 14.2 Å². The molecule has 1 aliphatic rings. The zero-order valence-electron chi connectivity index (χ0n) is 11.1. The van der Waals surface area contributed by atoms with E-state index in [9.17, 15) is 4.79 Å². The molecule has 0 saturated carbocycles. The molecule has 1 saturated heterocycles. The summed E-state index contributed by atoms with van der Waals surface area (Å²) in [4.78, 5) is 13.7. The van der Waals surface area contributed by atoms with Crippen LogP contribution < -0.4 is 4.74 Å². The van der Waals surface area contributed by atoms with Crippen LogP contribution in [0.2, 0.25) is 0 Å². The maximum atomic E-state index is 11.6. The number of methoxy groups -OCH3 is 1. The molecule has 5 heteroatoms. The third-order valence-corrected chi connectivity index (χ3v) is 3.10. The Balaban J connectivity index is 1.81. The summed E-state index contributed by atoms with van der Waals surface area (Å²) >= 11 is 0. The molecular formula is C14H19NO4. The lowest BCUT2D eigenvalue weighted by Crippen LogP contribution is -2.51. The largest absolute Gasteiger partial charge is 0.492 e. The van der Waals surface area contributed by atoms with E-state index in [1.807, 2.05) is 35.2 Å². The van der Waals surface area contributed by atoms with Crippen molar-refractivity contribution in [3.05, 3.63) is 30.3 Å². The average Bonchev–Trinajstić information content (AvgIpc) is 2.48. The number of rotatable bonds is 5. The fraction of sp³-hybridized carbons (Fsp3) is 0.500. The third-order valence-electron chi connectivity index (χ3n) is 3.10. The summed E-state index contributed by atoms with van der Waals surface area (Å²) < 4.78 is 15.7. The first-order chi connectivity index (χ1) is 9.31. The molecule has 2 rings (SSSR count). The highest BCUT2D eigenvalue weighted by Gasteiger charge is 2.29. The first-order valence-electron chi connectivity index (χ1n) is 6.38. The van der Waals surface area contributed by atoms with Gasteiger partial charge in [-0.3, -0.25) is 9.69 Å². The Morgan fingerprint density at radius 1 is 1.42 bits per heavy atom. The standard InChI is InChI=1S/C14H19NO4/c1-17-14(16)13-11-18-9-7-15(13)8-10-19-12-5-3-2-4-6-12/h2-6,13H,7-11H2,1H3. The molecule has 0 radical (unpaired) electrons. The van der Waals surface area contributed by atoms with Crippen molar-refractivity contribution in [2.24, 2.45) is 0 Å². The van der Waals surface area contributed by atoms with E-state index in [-0.39, 0.29) is 12.0 Å². The van der Waals surface area contributed by atoms with E-state index < -0.39 is 0 Å². The van der Waals surface area contributed by atoms with Gasteiger partial charge in [0.05, 0.1) is 20.3 Å². The van der Waals surface area contributed by atoms with Crippen molar-refractivity contribution in [1.82, 2.24) is 4.90 Å². The average molecular weight is 265 g/mol. The fourth-order valence-electron chi connectivity index (χ4n) is 2.06. The van der Waals surface area contributed by atoms with Crippen LogP contribution in [0.4, 0.5) is 0 Å². The van der Waals surface area contributed by atoms with Gasteiger partial charge in [-0.25, -0.2) is 0 Å². The Kier molecular flexibility index (Phi) is 5.18. The molecule has 1 unspecified atom stereocenters. The maximum Gasteiger partial charge on any atom is 0.325 e. The molecule has 19 heavy (non-hydrogen) atoms. The van der Waals surface area contributed by atoms with Gasteiger partial charge in [-0.2, -0.15) is 0 Å². The molecule has 1 atom stereocenters. The quantitative estimate of drug-likeness (QED) is 0.742. The highest BCUT2D eigenvalue weighted by Crippen LogP contribution is 2.11.